The number of esters is 4. The summed E-state index contributed by atoms with van der Waals surface area (Å²) in [5.41, 5.74) is 0. The highest BCUT2D eigenvalue weighted by molar-refractivity contribution is 7.47. The minimum atomic E-state index is -4.97. The quantitative estimate of drug-likeness (QED) is 0.0169. The Morgan fingerprint density at radius 3 is 0.840 bits per heavy atom. The summed E-state index contributed by atoms with van der Waals surface area (Å²) < 4.78 is 68.8. The summed E-state index contributed by atoms with van der Waals surface area (Å²) in [5.74, 6) is 0.274. The first-order valence-electron chi connectivity index (χ1n) is 44.2. The molecule has 17 nitrogen and oxygen atoms in total. The zero-order chi connectivity index (χ0) is 77.9. The Morgan fingerprint density at radius 1 is 0.311 bits per heavy atom. The predicted octanol–water partition coefficient (Wildman–Crippen LogP) is 26.0. The topological polar surface area (TPSA) is 237 Å². The van der Waals surface area contributed by atoms with Crippen LogP contribution >= 0.6 is 15.6 Å². The zero-order valence-electron chi connectivity index (χ0n) is 69.4. The van der Waals surface area contributed by atoms with Gasteiger partial charge in [-0.25, -0.2) is 9.13 Å². The molecule has 0 saturated heterocycles. The van der Waals surface area contributed by atoms with Crippen molar-refractivity contribution in [3.8, 4) is 0 Å². The van der Waals surface area contributed by atoms with Gasteiger partial charge in [-0.1, -0.05) is 381 Å². The number of aliphatic hydroxyl groups is 1. The van der Waals surface area contributed by atoms with Crippen molar-refractivity contribution in [3.05, 3.63) is 24.3 Å². The van der Waals surface area contributed by atoms with Gasteiger partial charge in [0.1, 0.15) is 19.3 Å². The number of rotatable bonds is 83. The van der Waals surface area contributed by atoms with Crippen LogP contribution in [0.4, 0.5) is 0 Å². The molecule has 0 spiro atoms. The predicted molar refractivity (Wildman–Crippen MR) is 437 cm³/mol. The van der Waals surface area contributed by atoms with Crippen LogP contribution < -0.4 is 0 Å². The SMILES string of the molecule is CCCCCC/C=C\C=C/CCCCCCCC(=O)O[C@H](COC(=O)CCCCCCCCCCCCCCCCCCC(C)C)COP(=O)(O)OC[C@@H](O)COP(=O)(O)OC[C@@H](COC(=O)CCCCCCCCC(C)CC)OC(=O)CCCCCCCCCCCCCCCCCCCCC(C)CC. The molecule has 19 heteroatoms. The Kier molecular flexibility index (Phi) is 74.7. The second kappa shape index (κ2) is 76.5. The first-order chi connectivity index (χ1) is 51.3. The van der Waals surface area contributed by atoms with E-state index in [1.54, 1.807) is 0 Å². The smallest absolute Gasteiger partial charge is 0.462 e. The maximum atomic E-state index is 13.1. The van der Waals surface area contributed by atoms with Crippen LogP contribution in [0.3, 0.4) is 0 Å². The van der Waals surface area contributed by atoms with Crippen LogP contribution in [0.5, 0.6) is 0 Å². The third-order valence-electron chi connectivity index (χ3n) is 20.5. The van der Waals surface area contributed by atoms with E-state index in [0.717, 1.165) is 127 Å². The molecular formula is C87H166O17P2. The van der Waals surface area contributed by atoms with Gasteiger partial charge < -0.3 is 33.8 Å². The Bertz CT molecular complexity index is 2140. The normalized spacial score (nSPS) is 14.5. The fraction of sp³-hybridized carbons (Fsp3) is 0.908. The van der Waals surface area contributed by atoms with Gasteiger partial charge in [-0.15, -0.1) is 0 Å². The van der Waals surface area contributed by atoms with Gasteiger partial charge in [-0.05, 0) is 69.1 Å². The van der Waals surface area contributed by atoms with Crippen LogP contribution in [0.15, 0.2) is 24.3 Å². The molecule has 0 aliphatic rings. The summed E-state index contributed by atoms with van der Waals surface area (Å²) in [7, 11) is -9.94. The zero-order valence-corrected chi connectivity index (χ0v) is 71.2. The number of carbonyl (C=O) groups is 4. The van der Waals surface area contributed by atoms with Crippen molar-refractivity contribution in [3.63, 3.8) is 0 Å². The Morgan fingerprint density at radius 2 is 0.557 bits per heavy atom. The molecule has 0 fully saturated rings. The second-order valence-corrected chi connectivity index (χ2v) is 34.5. The molecule has 0 aliphatic carbocycles. The third kappa shape index (κ3) is 76.9. The van der Waals surface area contributed by atoms with E-state index in [2.05, 4.69) is 72.8 Å². The number of phosphoric acid groups is 2. The molecule has 0 heterocycles. The van der Waals surface area contributed by atoms with Crippen LogP contribution in [-0.4, -0.2) is 96.7 Å². The Balaban J connectivity index is 5.22. The monoisotopic (exact) mass is 1550 g/mol. The highest BCUT2D eigenvalue weighted by Gasteiger charge is 2.30. The van der Waals surface area contributed by atoms with Gasteiger partial charge in [0.25, 0.3) is 0 Å². The van der Waals surface area contributed by atoms with Crippen LogP contribution in [0.1, 0.15) is 434 Å². The van der Waals surface area contributed by atoms with Crippen LogP contribution in [0.2, 0.25) is 0 Å². The minimum absolute atomic E-state index is 0.0853. The number of aliphatic hydroxyl groups excluding tert-OH is 1. The summed E-state index contributed by atoms with van der Waals surface area (Å²) in [6, 6.07) is 0. The van der Waals surface area contributed by atoms with E-state index in [1.807, 2.05) is 0 Å². The van der Waals surface area contributed by atoms with E-state index in [0.29, 0.717) is 25.7 Å². The van der Waals surface area contributed by atoms with Gasteiger partial charge in [-0.2, -0.15) is 0 Å². The molecule has 0 rings (SSSR count). The van der Waals surface area contributed by atoms with Crippen molar-refractivity contribution in [1.29, 1.82) is 0 Å². The largest absolute Gasteiger partial charge is 0.472 e. The van der Waals surface area contributed by atoms with Gasteiger partial charge in [0.15, 0.2) is 12.2 Å². The van der Waals surface area contributed by atoms with E-state index < -0.39 is 97.5 Å². The van der Waals surface area contributed by atoms with Gasteiger partial charge in [0.2, 0.25) is 0 Å². The first-order valence-corrected chi connectivity index (χ1v) is 47.2. The number of hydrogen-bond acceptors (Lipinski definition) is 15. The highest BCUT2D eigenvalue weighted by Crippen LogP contribution is 2.45. The van der Waals surface area contributed by atoms with Gasteiger partial charge in [-0.3, -0.25) is 37.3 Å². The standard InChI is InChI=1S/C87H166O17P2/c1-8-11-12-13-14-15-16-17-24-32-37-42-47-56-63-70-86(91)103-82(74-97-84(89)68-61-54-46-41-36-31-27-23-22-25-29-34-39-44-51-58-65-78(4)5)76-101-105(93,94)99-72-81(88)73-100-106(95,96)102-77-83(75-98-85(90)69-62-55-50-49-53-60-67-80(7)10-3)104-87(92)71-64-57-48-43-38-33-28-21-19-18-20-26-30-35-40-45-52-59-66-79(6)9-2/h15-17,24,78-83,88H,8-14,18-23,25-77H2,1-7H3,(H,93,94)(H,95,96)/b16-15-,24-17-/t79?,80?,81-,82-,83-/m1/s1. The van der Waals surface area contributed by atoms with Crippen molar-refractivity contribution in [2.75, 3.05) is 39.6 Å². The van der Waals surface area contributed by atoms with Gasteiger partial charge in [0, 0.05) is 25.7 Å². The number of phosphoric ester groups is 2. The summed E-state index contributed by atoms with van der Waals surface area (Å²) in [6.07, 6.45) is 70.3. The molecule has 0 bridgehead atoms. The molecule has 4 unspecified atom stereocenters. The molecule has 3 N–H and O–H groups in total. The molecule has 0 saturated carbocycles. The van der Waals surface area contributed by atoms with E-state index in [-0.39, 0.29) is 25.7 Å². The van der Waals surface area contributed by atoms with Crippen molar-refractivity contribution >= 4 is 39.5 Å². The van der Waals surface area contributed by atoms with Crippen LogP contribution in [0, 0.1) is 17.8 Å². The number of unbranched alkanes of at least 4 members (excludes halogenated alkanes) is 46. The molecule has 106 heavy (non-hydrogen) atoms. The van der Waals surface area contributed by atoms with Gasteiger partial charge in [0.05, 0.1) is 26.4 Å². The van der Waals surface area contributed by atoms with E-state index in [9.17, 15) is 43.2 Å². The summed E-state index contributed by atoms with van der Waals surface area (Å²) >= 11 is 0. The molecule has 0 aliphatic heterocycles. The lowest BCUT2D eigenvalue weighted by molar-refractivity contribution is -0.161. The van der Waals surface area contributed by atoms with Crippen LogP contribution in [-0.2, 0) is 65.4 Å². The third-order valence-corrected chi connectivity index (χ3v) is 22.4. The fourth-order valence-electron chi connectivity index (χ4n) is 12.9. The molecule has 0 amide bonds. The van der Waals surface area contributed by atoms with E-state index >= 15 is 0 Å². The molecule has 0 aromatic heterocycles. The minimum Gasteiger partial charge on any atom is -0.462 e. The number of allylic oxidation sites excluding steroid dienone is 4. The summed E-state index contributed by atoms with van der Waals surface area (Å²) in [4.78, 5) is 73.2. The fourth-order valence-corrected chi connectivity index (χ4v) is 14.5. The molecule has 7 atom stereocenters. The average Bonchev–Trinajstić information content (AvgIpc) is 0.942. The maximum absolute atomic E-state index is 13.1. The molecule has 626 valence electrons. The number of ether oxygens (including phenoxy) is 4. The number of carbonyl (C=O) groups excluding carboxylic acids is 4. The first kappa shape index (κ1) is 104. The van der Waals surface area contributed by atoms with Crippen molar-refractivity contribution in [2.45, 2.75) is 452 Å². The second-order valence-electron chi connectivity index (χ2n) is 31.6. The molecule has 0 radical (unpaired) electrons. The van der Waals surface area contributed by atoms with E-state index in [4.69, 9.17) is 37.0 Å². The lowest BCUT2D eigenvalue weighted by Crippen LogP contribution is -2.30. The lowest BCUT2D eigenvalue weighted by atomic mass is 9.99. The number of hydrogen-bond donors (Lipinski definition) is 3. The summed E-state index contributed by atoms with van der Waals surface area (Å²) in [6.45, 7) is 12.0. The van der Waals surface area contributed by atoms with Crippen LogP contribution in [0.25, 0.3) is 0 Å². The Hall–Kier alpha value is -2.46. The lowest BCUT2D eigenvalue weighted by Gasteiger charge is -2.21. The Labute approximate surface area is 650 Å². The molecule has 0 aromatic rings. The molecule has 0 aromatic carbocycles. The highest BCUT2D eigenvalue weighted by atomic mass is 31.2. The van der Waals surface area contributed by atoms with Crippen molar-refractivity contribution in [1.82, 2.24) is 0 Å². The van der Waals surface area contributed by atoms with Crippen molar-refractivity contribution in [2.24, 2.45) is 17.8 Å². The molecular weight excluding hydrogens is 1380 g/mol. The average molecular weight is 1550 g/mol. The van der Waals surface area contributed by atoms with E-state index in [1.165, 1.54) is 225 Å². The van der Waals surface area contributed by atoms with Crippen molar-refractivity contribution < 1.29 is 80.2 Å². The van der Waals surface area contributed by atoms with Gasteiger partial charge >= 0.3 is 39.5 Å². The maximum Gasteiger partial charge on any atom is 0.472 e. The summed E-state index contributed by atoms with van der Waals surface area (Å²) in [5, 5.41) is 10.7.